The number of likely N-dealkylation sites (N-methyl/N-ethyl adjacent to an activating group) is 1. The summed E-state index contributed by atoms with van der Waals surface area (Å²) in [6, 6.07) is 3.67. The van der Waals surface area contributed by atoms with Crippen molar-refractivity contribution in [2.75, 3.05) is 19.9 Å². The highest BCUT2D eigenvalue weighted by molar-refractivity contribution is 7.88. The van der Waals surface area contributed by atoms with E-state index < -0.39 is 40.4 Å². The fourth-order valence-electron chi connectivity index (χ4n) is 2.90. The largest absolute Gasteiger partial charge is 0.494 e. The summed E-state index contributed by atoms with van der Waals surface area (Å²) in [7, 11) is -2.27. The number of halogens is 3. The number of rotatable bonds is 6. The standard InChI is InChI=1S/C17H24F3NO5S/c1-16(2)15(22)14(21(3)27(4,23)24)12-10-11(6-7-13(12)26-16)25-9-5-8-17(18,19)20/h6-7,10,14-15,22H,5,8-9H2,1-4H3/t14-,15-/m0/s1. The lowest BCUT2D eigenvalue weighted by Crippen LogP contribution is -2.53. The Morgan fingerprint density at radius 3 is 2.52 bits per heavy atom. The third-order valence-corrected chi connectivity index (χ3v) is 5.75. The Morgan fingerprint density at radius 1 is 1.33 bits per heavy atom. The summed E-state index contributed by atoms with van der Waals surface area (Å²) >= 11 is 0. The van der Waals surface area contributed by atoms with Crippen LogP contribution in [0.5, 0.6) is 11.5 Å². The minimum atomic E-state index is -4.24. The van der Waals surface area contributed by atoms with Crippen LogP contribution in [0.25, 0.3) is 0 Å². The van der Waals surface area contributed by atoms with Crippen LogP contribution in [0.2, 0.25) is 0 Å². The summed E-state index contributed by atoms with van der Waals surface area (Å²) in [6.07, 6.45) is -5.52. The molecule has 27 heavy (non-hydrogen) atoms. The van der Waals surface area contributed by atoms with Gasteiger partial charge in [-0.25, -0.2) is 8.42 Å². The Morgan fingerprint density at radius 2 is 1.96 bits per heavy atom. The highest BCUT2D eigenvalue weighted by Gasteiger charge is 2.46. The Labute approximate surface area is 156 Å². The Bertz CT molecular complexity index is 779. The molecule has 1 aromatic carbocycles. The van der Waals surface area contributed by atoms with Crippen LogP contribution >= 0.6 is 0 Å². The zero-order valence-corrected chi connectivity index (χ0v) is 16.4. The molecule has 1 heterocycles. The molecule has 0 spiro atoms. The number of aliphatic hydroxyl groups is 1. The van der Waals surface area contributed by atoms with E-state index in [0.29, 0.717) is 11.3 Å². The molecular formula is C17H24F3NO5S. The molecule has 0 aliphatic carbocycles. The van der Waals surface area contributed by atoms with Gasteiger partial charge >= 0.3 is 6.18 Å². The molecule has 0 radical (unpaired) electrons. The van der Waals surface area contributed by atoms with Crippen LogP contribution in [0.15, 0.2) is 18.2 Å². The van der Waals surface area contributed by atoms with Gasteiger partial charge < -0.3 is 14.6 Å². The van der Waals surface area contributed by atoms with Crippen molar-refractivity contribution in [1.82, 2.24) is 4.31 Å². The number of sulfonamides is 1. The molecule has 0 saturated heterocycles. The smallest absolute Gasteiger partial charge is 0.389 e. The predicted octanol–water partition coefficient (Wildman–Crippen LogP) is 2.87. The highest BCUT2D eigenvalue weighted by Crippen LogP contribution is 2.44. The summed E-state index contributed by atoms with van der Waals surface area (Å²) in [4.78, 5) is 0. The Balaban J connectivity index is 2.29. The number of hydrogen-bond acceptors (Lipinski definition) is 5. The molecule has 1 aliphatic heterocycles. The lowest BCUT2D eigenvalue weighted by Gasteiger charge is -2.44. The lowest BCUT2D eigenvalue weighted by molar-refractivity contribution is -0.136. The molecule has 0 aromatic heterocycles. The summed E-state index contributed by atoms with van der Waals surface area (Å²) in [5.74, 6) is 0.659. The monoisotopic (exact) mass is 411 g/mol. The van der Waals surface area contributed by atoms with Crippen molar-refractivity contribution in [2.24, 2.45) is 0 Å². The van der Waals surface area contributed by atoms with Crippen molar-refractivity contribution in [3.8, 4) is 11.5 Å². The van der Waals surface area contributed by atoms with E-state index in [1.165, 1.54) is 19.2 Å². The maximum atomic E-state index is 12.2. The molecule has 0 unspecified atom stereocenters. The number of ether oxygens (including phenoxy) is 2. The van der Waals surface area contributed by atoms with Crippen LogP contribution in [0.4, 0.5) is 13.2 Å². The molecular weight excluding hydrogens is 387 g/mol. The number of hydrogen-bond donors (Lipinski definition) is 1. The third-order valence-electron chi connectivity index (χ3n) is 4.47. The van der Waals surface area contributed by atoms with E-state index in [9.17, 15) is 26.7 Å². The van der Waals surface area contributed by atoms with Gasteiger partial charge in [0.25, 0.3) is 0 Å². The number of nitrogens with zero attached hydrogens (tertiary/aromatic N) is 1. The van der Waals surface area contributed by atoms with Crippen molar-refractivity contribution in [2.45, 2.75) is 50.6 Å². The molecule has 0 saturated carbocycles. The van der Waals surface area contributed by atoms with Crippen LogP contribution < -0.4 is 9.47 Å². The van der Waals surface area contributed by atoms with Crippen LogP contribution in [0, 0.1) is 0 Å². The van der Waals surface area contributed by atoms with Crippen molar-refractivity contribution in [1.29, 1.82) is 0 Å². The van der Waals surface area contributed by atoms with Crippen molar-refractivity contribution in [3.05, 3.63) is 23.8 Å². The predicted molar refractivity (Wildman–Crippen MR) is 93.3 cm³/mol. The second kappa shape index (κ2) is 7.48. The van der Waals surface area contributed by atoms with Gasteiger partial charge in [-0.15, -0.1) is 0 Å². The number of fused-ring (bicyclic) bond motifs is 1. The Hall–Kier alpha value is -1.52. The molecule has 1 N–H and O–H groups in total. The summed E-state index contributed by atoms with van der Waals surface area (Å²) in [5.41, 5.74) is -0.644. The minimum absolute atomic E-state index is 0.139. The first-order chi connectivity index (χ1) is 12.2. The molecule has 0 bridgehead atoms. The zero-order valence-electron chi connectivity index (χ0n) is 15.6. The van der Waals surface area contributed by atoms with E-state index in [-0.39, 0.29) is 18.8 Å². The van der Waals surface area contributed by atoms with Gasteiger partial charge in [0.15, 0.2) is 0 Å². The molecule has 154 valence electrons. The first-order valence-electron chi connectivity index (χ1n) is 8.36. The first-order valence-corrected chi connectivity index (χ1v) is 10.2. The maximum Gasteiger partial charge on any atom is 0.389 e. The van der Waals surface area contributed by atoms with E-state index in [2.05, 4.69) is 0 Å². The topological polar surface area (TPSA) is 76.1 Å². The van der Waals surface area contributed by atoms with Crippen LogP contribution in [0.1, 0.15) is 38.3 Å². The van der Waals surface area contributed by atoms with Crippen LogP contribution in [0.3, 0.4) is 0 Å². The van der Waals surface area contributed by atoms with E-state index >= 15 is 0 Å². The molecule has 0 amide bonds. The molecule has 0 fully saturated rings. The minimum Gasteiger partial charge on any atom is -0.494 e. The number of benzene rings is 1. The van der Waals surface area contributed by atoms with E-state index in [0.717, 1.165) is 10.6 Å². The van der Waals surface area contributed by atoms with Gasteiger partial charge in [0.05, 0.1) is 18.9 Å². The molecule has 10 heteroatoms. The fourth-order valence-corrected chi connectivity index (χ4v) is 3.54. The number of alkyl halides is 3. The second-order valence-electron chi connectivity index (χ2n) is 7.14. The first kappa shape index (κ1) is 21.8. The van der Waals surface area contributed by atoms with E-state index in [1.807, 2.05) is 0 Å². The summed E-state index contributed by atoms with van der Waals surface area (Å²) in [6.45, 7) is 3.15. The van der Waals surface area contributed by atoms with E-state index in [1.54, 1.807) is 19.9 Å². The van der Waals surface area contributed by atoms with Crippen molar-refractivity contribution >= 4 is 10.0 Å². The van der Waals surface area contributed by atoms with Crippen molar-refractivity contribution < 1.29 is 36.2 Å². The van der Waals surface area contributed by atoms with Gasteiger partial charge in [0.2, 0.25) is 10.0 Å². The molecule has 1 aromatic rings. The van der Waals surface area contributed by atoms with Gasteiger partial charge in [0.1, 0.15) is 23.2 Å². The van der Waals surface area contributed by atoms with Gasteiger partial charge in [-0.05, 0) is 38.5 Å². The fraction of sp³-hybridized carbons (Fsp3) is 0.647. The van der Waals surface area contributed by atoms with Crippen molar-refractivity contribution in [3.63, 3.8) is 0 Å². The molecule has 1 aliphatic rings. The van der Waals surface area contributed by atoms with Crippen LogP contribution in [-0.2, 0) is 10.0 Å². The quantitative estimate of drug-likeness (QED) is 0.729. The van der Waals surface area contributed by atoms with E-state index in [4.69, 9.17) is 9.47 Å². The normalized spacial score (nSPS) is 22.3. The van der Waals surface area contributed by atoms with Gasteiger partial charge in [-0.1, -0.05) is 0 Å². The SMILES string of the molecule is CN([C@H]1c2cc(OCCCC(F)(F)F)ccc2OC(C)(C)[C@H]1O)S(C)(=O)=O. The highest BCUT2D eigenvalue weighted by atomic mass is 32.2. The second-order valence-corrected chi connectivity index (χ2v) is 9.18. The average molecular weight is 411 g/mol. The zero-order chi connectivity index (χ0) is 20.6. The molecule has 6 nitrogen and oxygen atoms in total. The molecule has 2 atom stereocenters. The van der Waals surface area contributed by atoms with Gasteiger partial charge in [0, 0.05) is 19.0 Å². The maximum absolute atomic E-state index is 12.2. The summed E-state index contributed by atoms with van der Waals surface area (Å²) < 4.78 is 72.9. The van der Waals surface area contributed by atoms with Crippen LogP contribution in [-0.4, -0.2) is 55.6 Å². The summed E-state index contributed by atoms with van der Waals surface area (Å²) in [5, 5.41) is 10.7. The number of aliphatic hydroxyl groups excluding tert-OH is 1. The average Bonchev–Trinajstić information content (AvgIpc) is 2.50. The third kappa shape index (κ3) is 5.26. The Kier molecular flexibility index (Phi) is 6.03. The van der Waals surface area contributed by atoms with Gasteiger partial charge in [-0.3, -0.25) is 0 Å². The molecule has 2 rings (SSSR count). The van der Waals surface area contributed by atoms with Gasteiger partial charge in [-0.2, -0.15) is 17.5 Å². The lowest BCUT2D eigenvalue weighted by atomic mass is 9.86.